The van der Waals surface area contributed by atoms with E-state index in [-0.39, 0.29) is 27.9 Å². The van der Waals surface area contributed by atoms with E-state index in [4.69, 9.17) is 11.6 Å². The number of halogens is 2. The van der Waals surface area contributed by atoms with E-state index >= 15 is 0 Å². The van der Waals surface area contributed by atoms with Crippen molar-refractivity contribution in [1.82, 2.24) is 9.97 Å². The molecular weight excluding hydrogens is 299 g/mol. The molecule has 2 aromatic rings. The second kappa shape index (κ2) is 6.45. The lowest BCUT2D eigenvalue weighted by Gasteiger charge is -2.07. The minimum absolute atomic E-state index is 0.0232. The second-order valence-electron chi connectivity index (χ2n) is 4.27. The Morgan fingerprint density at radius 2 is 2.19 bits per heavy atom. The van der Waals surface area contributed by atoms with Crippen molar-refractivity contribution in [2.24, 2.45) is 0 Å². The third-order valence-electron chi connectivity index (χ3n) is 2.64. The summed E-state index contributed by atoms with van der Waals surface area (Å²) in [5, 5.41) is 14.1. The van der Waals surface area contributed by atoms with Crippen molar-refractivity contribution in [3.05, 3.63) is 45.4 Å². The van der Waals surface area contributed by atoms with Crippen molar-refractivity contribution in [1.29, 1.82) is 0 Å². The number of benzene rings is 1. The zero-order valence-corrected chi connectivity index (χ0v) is 11.9. The van der Waals surface area contributed by atoms with Gasteiger partial charge in [-0.25, -0.2) is 14.4 Å². The summed E-state index contributed by atoms with van der Waals surface area (Å²) in [5.74, 6) is -0.341. The fourth-order valence-corrected chi connectivity index (χ4v) is 1.96. The second-order valence-corrected chi connectivity index (χ2v) is 4.71. The van der Waals surface area contributed by atoms with Crippen molar-refractivity contribution >= 4 is 23.2 Å². The number of hydrogen-bond donors (Lipinski definition) is 1. The summed E-state index contributed by atoms with van der Waals surface area (Å²) in [6.45, 7) is 2.59. The van der Waals surface area contributed by atoms with Gasteiger partial charge in [0, 0.05) is 17.1 Å². The minimum atomic E-state index is -0.613. The smallest absolute Gasteiger partial charge is 0.313 e. The molecule has 21 heavy (non-hydrogen) atoms. The third-order valence-corrected chi connectivity index (χ3v) is 2.85. The van der Waals surface area contributed by atoms with Gasteiger partial charge in [0.15, 0.2) is 5.69 Å². The van der Waals surface area contributed by atoms with Gasteiger partial charge in [0.2, 0.25) is 5.95 Å². The summed E-state index contributed by atoms with van der Waals surface area (Å²) in [5.41, 5.74) is -0.0534. The fraction of sp³-hybridized carbons (Fsp3) is 0.231. The van der Waals surface area contributed by atoms with E-state index in [0.717, 1.165) is 24.8 Å². The molecule has 0 fully saturated rings. The molecule has 110 valence electrons. The topological polar surface area (TPSA) is 81.0 Å². The van der Waals surface area contributed by atoms with E-state index in [1.807, 2.05) is 6.92 Å². The Bertz CT molecular complexity index is 661. The third kappa shape index (κ3) is 3.63. The number of anilines is 1. The molecule has 6 nitrogen and oxygen atoms in total. The first-order chi connectivity index (χ1) is 10.0. The number of hydrogen-bond acceptors (Lipinski definition) is 5. The average molecular weight is 311 g/mol. The monoisotopic (exact) mass is 310 g/mol. The van der Waals surface area contributed by atoms with Crippen molar-refractivity contribution in [3.8, 4) is 11.3 Å². The largest absolute Gasteiger partial charge is 0.354 e. The maximum absolute atomic E-state index is 13.4. The summed E-state index contributed by atoms with van der Waals surface area (Å²) in [7, 11) is 0. The fourth-order valence-electron chi connectivity index (χ4n) is 1.73. The van der Waals surface area contributed by atoms with Crippen LogP contribution in [0.15, 0.2) is 24.4 Å². The standard InChI is InChI=1S/C13H12ClFN4O2/c1-2-3-16-13-17-7-11(19(20)21)12(18-13)8-4-9(14)6-10(15)5-8/h4-7H,2-3H2,1H3,(H,16,17,18). The number of nitro groups is 1. The molecule has 1 heterocycles. The van der Waals surface area contributed by atoms with Gasteiger partial charge in [-0.1, -0.05) is 18.5 Å². The Labute approximate surface area is 125 Å². The van der Waals surface area contributed by atoms with Crippen LogP contribution in [0.25, 0.3) is 11.3 Å². The van der Waals surface area contributed by atoms with E-state index < -0.39 is 10.7 Å². The highest BCUT2D eigenvalue weighted by Gasteiger charge is 2.19. The van der Waals surface area contributed by atoms with E-state index in [2.05, 4.69) is 15.3 Å². The molecule has 1 aromatic carbocycles. The summed E-state index contributed by atoms with van der Waals surface area (Å²) in [4.78, 5) is 18.4. The quantitative estimate of drug-likeness (QED) is 0.673. The summed E-state index contributed by atoms with van der Waals surface area (Å²) < 4.78 is 13.4. The van der Waals surface area contributed by atoms with Gasteiger partial charge in [-0.3, -0.25) is 10.1 Å². The molecular formula is C13H12ClFN4O2. The van der Waals surface area contributed by atoms with Crippen LogP contribution in [0.5, 0.6) is 0 Å². The molecule has 2 rings (SSSR count). The Balaban J connectivity index is 2.54. The van der Waals surface area contributed by atoms with Crippen LogP contribution in [0.2, 0.25) is 5.02 Å². The molecule has 0 radical (unpaired) electrons. The van der Waals surface area contributed by atoms with Crippen molar-refractivity contribution in [2.75, 3.05) is 11.9 Å². The van der Waals surface area contributed by atoms with Gasteiger partial charge in [-0.05, 0) is 24.6 Å². The lowest BCUT2D eigenvalue weighted by molar-refractivity contribution is -0.384. The first kappa shape index (κ1) is 15.1. The van der Waals surface area contributed by atoms with Crippen LogP contribution in [0, 0.1) is 15.9 Å². The molecule has 0 atom stereocenters. The highest BCUT2D eigenvalue weighted by atomic mass is 35.5. The molecule has 0 saturated heterocycles. The maximum atomic E-state index is 13.4. The van der Waals surface area contributed by atoms with Gasteiger partial charge < -0.3 is 5.32 Å². The molecule has 0 bridgehead atoms. The van der Waals surface area contributed by atoms with E-state index in [9.17, 15) is 14.5 Å². The molecule has 1 N–H and O–H groups in total. The van der Waals surface area contributed by atoms with Gasteiger partial charge in [-0.15, -0.1) is 0 Å². The van der Waals surface area contributed by atoms with Crippen molar-refractivity contribution < 1.29 is 9.31 Å². The normalized spacial score (nSPS) is 10.4. The van der Waals surface area contributed by atoms with Crippen LogP contribution in [0.1, 0.15) is 13.3 Å². The van der Waals surface area contributed by atoms with Gasteiger partial charge in [0.05, 0.1) is 4.92 Å². The highest BCUT2D eigenvalue weighted by Crippen LogP contribution is 2.30. The lowest BCUT2D eigenvalue weighted by Crippen LogP contribution is -2.06. The van der Waals surface area contributed by atoms with Gasteiger partial charge >= 0.3 is 5.69 Å². The van der Waals surface area contributed by atoms with Crippen LogP contribution < -0.4 is 5.32 Å². The summed E-state index contributed by atoms with van der Waals surface area (Å²) in [6, 6.07) is 3.68. The van der Waals surface area contributed by atoms with Crippen LogP contribution in [0.3, 0.4) is 0 Å². The summed E-state index contributed by atoms with van der Waals surface area (Å²) >= 11 is 5.79. The van der Waals surface area contributed by atoms with Gasteiger partial charge in [0.1, 0.15) is 12.0 Å². The molecule has 0 unspecified atom stereocenters. The SMILES string of the molecule is CCCNc1ncc([N+](=O)[O-])c(-c2cc(F)cc(Cl)c2)n1. The van der Waals surface area contributed by atoms with E-state index in [1.165, 1.54) is 6.07 Å². The number of nitrogens with zero attached hydrogens (tertiary/aromatic N) is 3. The first-order valence-electron chi connectivity index (χ1n) is 6.23. The van der Waals surface area contributed by atoms with Gasteiger partial charge in [-0.2, -0.15) is 0 Å². The number of aromatic nitrogens is 2. The Hall–Kier alpha value is -2.28. The molecule has 1 aromatic heterocycles. The zero-order valence-electron chi connectivity index (χ0n) is 11.1. The van der Waals surface area contributed by atoms with Crippen LogP contribution in [-0.4, -0.2) is 21.4 Å². The predicted octanol–water partition coefficient (Wildman–Crippen LogP) is 3.67. The Kier molecular flexibility index (Phi) is 4.64. The van der Waals surface area contributed by atoms with Crippen LogP contribution >= 0.6 is 11.6 Å². The predicted molar refractivity (Wildman–Crippen MR) is 77.9 cm³/mol. The molecule has 0 spiro atoms. The molecule has 0 amide bonds. The van der Waals surface area contributed by atoms with Crippen molar-refractivity contribution in [2.45, 2.75) is 13.3 Å². The maximum Gasteiger partial charge on any atom is 0.313 e. The molecule has 0 aliphatic carbocycles. The Morgan fingerprint density at radius 3 is 2.81 bits per heavy atom. The molecule has 0 aliphatic heterocycles. The molecule has 0 saturated carbocycles. The van der Waals surface area contributed by atoms with E-state index in [1.54, 1.807) is 0 Å². The number of nitrogens with one attached hydrogen (secondary N) is 1. The van der Waals surface area contributed by atoms with Gasteiger partial charge in [0.25, 0.3) is 0 Å². The minimum Gasteiger partial charge on any atom is -0.354 e. The number of rotatable bonds is 5. The highest BCUT2D eigenvalue weighted by molar-refractivity contribution is 6.30. The lowest BCUT2D eigenvalue weighted by atomic mass is 10.1. The van der Waals surface area contributed by atoms with Crippen LogP contribution in [0.4, 0.5) is 16.0 Å². The molecule has 8 heteroatoms. The van der Waals surface area contributed by atoms with Crippen LogP contribution in [-0.2, 0) is 0 Å². The zero-order chi connectivity index (χ0) is 15.4. The molecule has 0 aliphatic rings. The Morgan fingerprint density at radius 1 is 1.43 bits per heavy atom. The van der Waals surface area contributed by atoms with E-state index in [0.29, 0.717) is 6.54 Å². The summed E-state index contributed by atoms with van der Waals surface area (Å²) in [6.07, 6.45) is 1.95. The average Bonchev–Trinajstić information content (AvgIpc) is 2.43. The van der Waals surface area contributed by atoms with Crippen molar-refractivity contribution in [3.63, 3.8) is 0 Å². The first-order valence-corrected chi connectivity index (χ1v) is 6.61.